The molecule has 1 rings (SSSR count). The second kappa shape index (κ2) is 6.20. The third kappa shape index (κ3) is 3.32. The minimum absolute atomic E-state index is 0.369. The summed E-state index contributed by atoms with van der Waals surface area (Å²) in [6.07, 6.45) is -5.73. The Bertz CT molecular complexity index is 278. The van der Waals surface area contributed by atoms with Crippen molar-refractivity contribution in [1.29, 1.82) is 0 Å². The van der Waals surface area contributed by atoms with Crippen molar-refractivity contribution in [3.63, 3.8) is 0 Å². The molecule has 0 aromatic carbocycles. The maximum atomic E-state index is 10.9. The van der Waals surface area contributed by atoms with E-state index < -0.39 is 43.1 Å². The van der Waals surface area contributed by atoms with Crippen LogP contribution >= 0.6 is 0 Å². The molecule has 7 heteroatoms. The number of ether oxygens (including phenoxy) is 2. The summed E-state index contributed by atoms with van der Waals surface area (Å²) in [4.78, 5) is 10.9. The second-order valence-corrected chi connectivity index (χ2v) is 3.68. The minimum Gasteiger partial charge on any atom is -0.394 e. The fraction of sp³-hybridized carbons (Fsp3) is 0.700. The lowest BCUT2D eigenvalue weighted by atomic mass is 9.99. The van der Waals surface area contributed by atoms with Gasteiger partial charge in [0, 0.05) is 0 Å². The third-order valence-electron chi connectivity index (χ3n) is 2.47. The van der Waals surface area contributed by atoms with E-state index in [9.17, 15) is 20.1 Å². The standard InChI is InChI=1S/C10H16O7/c1-2-5(12)4-16-10-9(15)8(14)7(13)6(3-11)17-10/h2,6-11,13-15H,1,3-4H2/t6-,7-,8+,9-,10?/m1/s1. The molecule has 0 spiro atoms. The molecule has 1 heterocycles. The van der Waals surface area contributed by atoms with Crippen molar-refractivity contribution in [2.45, 2.75) is 30.7 Å². The van der Waals surface area contributed by atoms with Crippen LogP contribution in [0.5, 0.6) is 0 Å². The summed E-state index contributed by atoms with van der Waals surface area (Å²) in [6, 6.07) is 0. The predicted octanol–water partition coefficient (Wildman–Crippen LogP) is -2.44. The van der Waals surface area contributed by atoms with Gasteiger partial charge in [-0.2, -0.15) is 0 Å². The summed E-state index contributed by atoms with van der Waals surface area (Å²) in [5.41, 5.74) is 0. The summed E-state index contributed by atoms with van der Waals surface area (Å²) in [6.45, 7) is 2.33. The highest BCUT2D eigenvalue weighted by molar-refractivity contribution is 5.90. The van der Waals surface area contributed by atoms with Gasteiger partial charge in [-0.25, -0.2) is 0 Å². The van der Waals surface area contributed by atoms with E-state index in [-0.39, 0.29) is 6.61 Å². The normalized spacial score (nSPS) is 37.8. The van der Waals surface area contributed by atoms with Crippen molar-refractivity contribution < 1.29 is 34.7 Å². The Morgan fingerprint density at radius 1 is 1.29 bits per heavy atom. The molecule has 0 amide bonds. The molecule has 0 aliphatic carbocycles. The molecule has 0 saturated carbocycles. The Morgan fingerprint density at radius 2 is 1.94 bits per heavy atom. The van der Waals surface area contributed by atoms with Gasteiger partial charge >= 0.3 is 0 Å². The first kappa shape index (κ1) is 14.2. The highest BCUT2D eigenvalue weighted by Crippen LogP contribution is 2.21. The molecular formula is C10H16O7. The van der Waals surface area contributed by atoms with E-state index >= 15 is 0 Å². The molecule has 0 radical (unpaired) electrons. The Morgan fingerprint density at radius 3 is 2.47 bits per heavy atom. The van der Waals surface area contributed by atoms with E-state index in [0.29, 0.717) is 0 Å². The number of carbonyl (C=O) groups is 1. The Balaban J connectivity index is 2.59. The average molecular weight is 248 g/mol. The maximum absolute atomic E-state index is 10.9. The molecule has 1 fully saturated rings. The van der Waals surface area contributed by atoms with E-state index in [1.54, 1.807) is 0 Å². The van der Waals surface area contributed by atoms with Gasteiger partial charge in [-0.3, -0.25) is 4.79 Å². The van der Waals surface area contributed by atoms with Crippen LogP contribution in [0.4, 0.5) is 0 Å². The van der Waals surface area contributed by atoms with Crippen LogP contribution in [-0.2, 0) is 14.3 Å². The first-order valence-electron chi connectivity index (χ1n) is 5.08. The topological polar surface area (TPSA) is 116 Å². The third-order valence-corrected chi connectivity index (χ3v) is 2.47. The van der Waals surface area contributed by atoms with Crippen LogP contribution in [-0.4, -0.2) is 70.1 Å². The van der Waals surface area contributed by atoms with Gasteiger partial charge in [0.25, 0.3) is 0 Å². The molecule has 1 saturated heterocycles. The van der Waals surface area contributed by atoms with Gasteiger partial charge in [0.2, 0.25) is 0 Å². The summed E-state index contributed by atoms with van der Waals surface area (Å²) >= 11 is 0. The minimum atomic E-state index is -1.51. The highest BCUT2D eigenvalue weighted by Gasteiger charge is 2.44. The Labute approximate surface area is 97.9 Å². The molecule has 17 heavy (non-hydrogen) atoms. The van der Waals surface area contributed by atoms with Crippen LogP contribution in [0.3, 0.4) is 0 Å². The number of carbonyl (C=O) groups excluding carboxylic acids is 1. The lowest BCUT2D eigenvalue weighted by Gasteiger charge is -2.39. The first-order chi connectivity index (χ1) is 8.01. The summed E-state index contributed by atoms with van der Waals surface area (Å²) in [7, 11) is 0. The average Bonchev–Trinajstić information content (AvgIpc) is 2.34. The van der Waals surface area contributed by atoms with Gasteiger partial charge < -0.3 is 29.9 Å². The monoisotopic (exact) mass is 248 g/mol. The number of aliphatic hydroxyl groups is 4. The predicted molar refractivity (Wildman–Crippen MR) is 54.9 cm³/mol. The highest BCUT2D eigenvalue weighted by atomic mass is 16.7. The van der Waals surface area contributed by atoms with Crippen molar-refractivity contribution in [2.75, 3.05) is 13.2 Å². The van der Waals surface area contributed by atoms with E-state index in [0.717, 1.165) is 6.08 Å². The summed E-state index contributed by atoms with van der Waals surface area (Å²) in [5, 5.41) is 37.3. The molecule has 5 atom stereocenters. The molecule has 7 nitrogen and oxygen atoms in total. The fourth-order valence-corrected chi connectivity index (χ4v) is 1.43. The van der Waals surface area contributed by atoms with E-state index in [1.165, 1.54) is 0 Å². The molecule has 1 aliphatic heterocycles. The molecule has 0 aromatic rings. The largest absolute Gasteiger partial charge is 0.394 e. The molecule has 1 aliphatic rings. The second-order valence-electron chi connectivity index (χ2n) is 3.68. The Kier molecular flexibility index (Phi) is 5.19. The first-order valence-corrected chi connectivity index (χ1v) is 5.08. The molecule has 0 bridgehead atoms. The van der Waals surface area contributed by atoms with Gasteiger partial charge in [-0.15, -0.1) is 0 Å². The molecule has 98 valence electrons. The van der Waals surface area contributed by atoms with Gasteiger partial charge in [-0.05, 0) is 6.08 Å². The molecule has 4 N–H and O–H groups in total. The molecule has 1 unspecified atom stereocenters. The molecular weight excluding hydrogens is 232 g/mol. The number of ketones is 1. The van der Waals surface area contributed by atoms with Crippen LogP contribution in [0.15, 0.2) is 12.7 Å². The number of hydrogen-bond acceptors (Lipinski definition) is 7. The van der Waals surface area contributed by atoms with Crippen LogP contribution < -0.4 is 0 Å². The summed E-state index contributed by atoms with van der Waals surface area (Å²) < 4.78 is 9.93. The zero-order chi connectivity index (χ0) is 13.0. The van der Waals surface area contributed by atoms with Crippen LogP contribution in [0.2, 0.25) is 0 Å². The van der Waals surface area contributed by atoms with Gasteiger partial charge in [-0.1, -0.05) is 6.58 Å². The number of rotatable bonds is 5. The summed E-state index contributed by atoms with van der Waals surface area (Å²) in [5.74, 6) is -0.415. The van der Waals surface area contributed by atoms with E-state index in [4.69, 9.17) is 14.6 Å². The number of aliphatic hydroxyl groups excluding tert-OH is 4. The van der Waals surface area contributed by atoms with Crippen molar-refractivity contribution in [3.05, 3.63) is 12.7 Å². The van der Waals surface area contributed by atoms with E-state index in [2.05, 4.69) is 6.58 Å². The van der Waals surface area contributed by atoms with Crippen LogP contribution in [0.25, 0.3) is 0 Å². The van der Waals surface area contributed by atoms with E-state index in [1.807, 2.05) is 0 Å². The fourth-order valence-electron chi connectivity index (χ4n) is 1.43. The maximum Gasteiger partial charge on any atom is 0.187 e. The van der Waals surface area contributed by atoms with Gasteiger partial charge in [0.15, 0.2) is 12.1 Å². The van der Waals surface area contributed by atoms with Crippen molar-refractivity contribution >= 4 is 5.78 Å². The lowest BCUT2D eigenvalue weighted by molar-refractivity contribution is -0.298. The van der Waals surface area contributed by atoms with Crippen molar-refractivity contribution in [2.24, 2.45) is 0 Å². The zero-order valence-corrected chi connectivity index (χ0v) is 9.10. The Hall–Kier alpha value is -0.830. The van der Waals surface area contributed by atoms with Crippen molar-refractivity contribution in [1.82, 2.24) is 0 Å². The SMILES string of the molecule is C=CC(=O)COC1O[C@H](CO)[C@@H](O)[C@H](O)[C@H]1O. The zero-order valence-electron chi connectivity index (χ0n) is 9.10. The van der Waals surface area contributed by atoms with Crippen LogP contribution in [0, 0.1) is 0 Å². The smallest absolute Gasteiger partial charge is 0.187 e. The van der Waals surface area contributed by atoms with Gasteiger partial charge in [0.05, 0.1) is 6.61 Å². The number of hydrogen-bond donors (Lipinski definition) is 4. The molecule has 0 aromatic heterocycles. The lowest BCUT2D eigenvalue weighted by Crippen LogP contribution is -2.59. The van der Waals surface area contributed by atoms with Gasteiger partial charge in [0.1, 0.15) is 31.0 Å². The quantitative estimate of drug-likeness (QED) is 0.399. The van der Waals surface area contributed by atoms with Crippen molar-refractivity contribution in [3.8, 4) is 0 Å². The van der Waals surface area contributed by atoms with Crippen LogP contribution in [0.1, 0.15) is 0 Å².